The van der Waals surface area contributed by atoms with Gasteiger partial charge in [-0.25, -0.2) is 4.98 Å². The first-order chi connectivity index (χ1) is 7.81. The van der Waals surface area contributed by atoms with Crippen LogP contribution in [-0.2, 0) is 0 Å². The summed E-state index contributed by atoms with van der Waals surface area (Å²) in [6.07, 6.45) is 0.985. The molecule has 1 heterocycles. The van der Waals surface area contributed by atoms with Gasteiger partial charge in [0.25, 0.3) is 0 Å². The summed E-state index contributed by atoms with van der Waals surface area (Å²) in [6, 6.07) is 13.0. The molecule has 0 spiro atoms. The van der Waals surface area contributed by atoms with Crippen molar-refractivity contribution in [2.75, 3.05) is 7.11 Å². The number of nitrogens with zero attached hydrogens (tertiary/aromatic N) is 1. The van der Waals surface area contributed by atoms with Gasteiger partial charge in [-0.1, -0.05) is 30.3 Å². The number of aromatic nitrogens is 1. The Labute approximate surface area is 94.3 Å². The number of pyridine rings is 1. The highest BCUT2D eigenvalue weighted by Gasteiger charge is 2.10. The average molecular weight is 215 g/mol. The summed E-state index contributed by atoms with van der Waals surface area (Å²) in [4.78, 5) is 4.00. The Morgan fingerprint density at radius 1 is 1.12 bits per heavy atom. The van der Waals surface area contributed by atoms with Crippen LogP contribution in [0.15, 0.2) is 48.7 Å². The molecule has 2 aromatic rings. The second-order valence-corrected chi connectivity index (χ2v) is 3.44. The van der Waals surface area contributed by atoms with Crippen LogP contribution in [0.5, 0.6) is 5.88 Å². The van der Waals surface area contributed by atoms with Crippen molar-refractivity contribution in [3.8, 4) is 5.88 Å². The second kappa shape index (κ2) is 4.77. The molecule has 1 atom stereocenters. The summed E-state index contributed by atoms with van der Waals surface area (Å²) < 4.78 is 5.02. The minimum atomic E-state index is -0.641. The summed E-state index contributed by atoms with van der Waals surface area (Å²) in [7, 11) is 1.56. The zero-order valence-electron chi connectivity index (χ0n) is 9.00. The smallest absolute Gasteiger partial charge is 0.213 e. The third-order valence-corrected chi connectivity index (χ3v) is 2.40. The highest BCUT2D eigenvalue weighted by atomic mass is 16.5. The van der Waals surface area contributed by atoms with Crippen LogP contribution in [0.2, 0.25) is 0 Å². The first-order valence-corrected chi connectivity index (χ1v) is 5.04. The van der Waals surface area contributed by atoms with Crippen LogP contribution in [0.3, 0.4) is 0 Å². The summed E-state index contributed by atoms with van der Waals surface area (Å²) in [5.74, 6) is 0.507. The topological polar surface area (TPSA) is 42.4 Å². The van der Waals surface area contributed by atoms with Crippen LogP contribution in [0.25, 0.3) is 0 Å². The maximum Gasteiger partial charge on any atom is 0.213 e. The quantitative estimate of drug-likeness (QED) is 0.853. The molecule has 3 nitrogen and oxygen atoms in total. The molecule has 0 amide bonds. The zero-order chi connectivity index (χ0) is 11.4. The van der Waals surface area contributed by atoms with Crippen LogP contribution >= 0.6 is 0 Å². The molecule has 0 saturated carbocycles. The number of hydrogen-bond acceptors (Lipinski definition) is 3. The van der Waals surface area contributed by atoms with Crippen LogP contribution in [0.1, 0.15) is 17.2 Å². The fourth-order valence-electron chi connectivity index (χ4n) is 1.53. The number of hydrogen-bond donors (Lipinski definition) is 1. The Bertz CT molecular complexity index is 456. The van der Waals surface area contributed by atoms with Crippen LogP contribution < -0.4 is 4.74 Å². The molecule has 0 fully saturated rings. The number of ether oxygens (including phenoxy) is 1. The molecule has 3 heteroatoms. The van der Waals surface area contributed by atoms with Crippen LogP contribution in [-0.4, -0.2) is 17.2 Å². The van der Waals surface area contributed by atoms with Gasteiger partial charge >= 0.3 is 0 Å². The van der Waals surface area contributed by atoms with Gasteiger partial charge in [-0.15, -0.1) is 0 Å². The minimum Gasteiger partial charge on any atom is -0.481 e. The van der Waals surface area contributed by atoms with Crippen molar-refractivity contribution in [2.45, 2.75) is 6.10 Å². The van der Waals surface area contributed by atoms with E-state index in [9.17, 15) is 5.11 Å². The normalized spacial score (nSPS) is 12.1. The van der Waals surface area contributed by atoms with E-state index in [0.29, 0.717) is 5.88 Å². The summed E-state index contributed by atoms with van der Waals surface area (Å²) in [6.45, 7) is 0. The van der Waals surface area contributed by atoms with Crippen molar-refractivity contribution in [3.05, 3.63) is 59.8 Å². The highest BCUT2D eigenvalue weighted by molar-refractivity contribution is 5.31. The monoisotopic (exact) mass is 215 g/mol. The van der Waals surface area contributed by atoms with Crippen molar-refractivity contribution in [2.24, 2.45) is 0 Å². The lowest BCUT2D eigenvalue weighted by Crippen LogP contribution is -2.00. The van der Waals surface area contributed by atoms with Crippen molar-refractivity contribution >= 4 is 0 Å². The number of methoxy groups -OCH3 is 1. The van der Waals surface area contributed by atoms with E-state index in [2.05, 4.69) is 4.98 Å². The van der Waals surface area contributed by atoms with Crippen molar-refractivity contribution in [1.29, 1.82) is 0 Å². The van der Waals surface area contributed by atoms with Gasteiger partial charge in [-0.3, -0.25) is 0 Å². The Morgan fingerprint density at radius 2 is 1.88 bits per heavy atom. The molecule has 1 unspecified atom stereocenters. The van der Waals surface area contributed by atoms with Crippen molar-refractivity contribution in [1.82, 2.24) is 4.98 Å². The maximum absolute atomic E-state index is 10.1. The van der Waals surface area contributed by atoms with Crippen LogP contribution in [0, 0.1) is 0 Å². The van der Waals surface area contributed by atoms with Gasteiger partial charge in [0.2, 0.25) is 5.88 Å². The first kappa shape index (κ1) is 10.6. The largest absolute Gasteiger partial charge is 0.481 e. The van der Waals surface area contributed by atoms with Crippen molar-refractivity contribution < 1.29 is 9.84 Å². The van der Waals surface area contributed by atoms with Gasteiger partial charge < -0.3 is 9.84 Å². The molecule has 1 N–H and O–H groups in total. The Morgan fingerprint density at radius 3 is 2.56 bits per heavy atom. The highest BCUT2D eigenvalue weighted by Crippen LogP contribution is 2.23. The maximum atomic E-state index is 10.1. The Kier molecular flexibility index (Phi) is 3.17. The molecular weight excluding hydrogens is 202 g/mol. The number of aliphatic hydroxyl groups is 1. The van der Waals surface area contributed by atoms with Crippen LogP contribution in [0.4, 0.5) is 0 Å². The Balaban J connectivity index is 2.30. The molecular formula is C13H13NO2. The molecule has 1 aromatic carbocycles. The van der Waals surface area contributed by atoms with E-state index in [-0.39, 0.29) is 0 Å². The standard InChI is InChI=1S/C13H13NO2/c1-16-12-9-11(7-8-14-12)13(15)10-5-3-2-4-6-10/h2-9,13,15H,1H3. The predicted octanol–water partition coefficient (Wildman–Crippen LogP) is 2.17. The van der Waals surface area contributed by atoms with Gasteiger partial charge in [-0.05, 0) is 17.2 Å². The number of rotatable bonds is 3. The van der Waals surface area contributed by atoms with Crippen molar-refractivity contribution in [3.63, 3.8) is 0 Å². The molecule has 0 aliphatic heterocycles. The van der Waals surface area contributed by atoms with E-state index in [0.717, 1.165) is 11.1 Å². The molecule has 0 radical (unpaired) electrons. The fourth-order valence-corrected chi connectivity index (χ4v) is 1.53. The molecule has 0 saturated heterocycles. The molecule has 16 heavy (non-hydrogen) atoms. The SMILES string of the molecule is COc1cc(C(O)c2ccccc2)ccn1. The summed E-state index contributed by atoms with van der Waals surface area (Å²) in [5, 5.41) is 10.1. The third-order valence-electron chi connectivity index (χ3n) is 2.40. The van der Waals surface area contributed by atoms with Gasteiger partial charge in [0.05, 0.1) is 7.11 Å². The fraction of sp³-hybridized carbons (Fsp3) is 0.154. The van der Waals surface area contributed by atoms with Gasteiger partial charge in [0, 0.05) is 12.3 Å². The second-order valence-electron chi connectivity index (χ2n) is 3.44. The molecule has 2 rings (SSSR count). The Hall–Kier alpha value is -1.87. The van der Waals surface area contributed by atoms with E-state index in [4.69, 9.17) is 4.74 Å². The average Bonchev–Trinajstić information content (AvgIpc) is 2.39. The minimum absolute atomic E-state index is 0.507. The number of benzene rings is 1. The van der Waals surface area contributed by atoms with Gasteiger partial charge in [0.15, 0.2) is 0 Å². The first-order valence-electron chi connectivity index (χ1n) is 5.04. The number of aliphatic hydroxyl groups excluding tert-OH is 1. The zero-order valence-corrected chi connectivity index (χ0v) is 9.00. The summed E-state index contributed by atoms with van der Waals surface area (Å²) >= 11 is 0. The van der Waals surface area contributed by atoms with E-state index < -0.39 is 6.10 Å². The molecule has 1 aromatic heterocycles. The molecule has 0 aliphatic rings. The van der Waals surface area contributed by atoms with E-state index >= 15 is 0 Å². The molecule has 0 aliphatic carbocycles. The molecule has 82 valence electrons. The lowest BCUT2D eigenvalue weighted by molar-refractivity contribution is 0.219. The van der Waals surface area contributed by atoms with Gasteiger partial charge in [-0.2, -0.15) is 0 Å². The third kappa shape index (κ3) is 2.20. The summed E-state index contributed by atoms with van der Waals surface area (Å²) in [5.41, 5.74) is 1.63. The predicted molar refractivity (Wildman–Crippen MR) is 61.3 cm³/mol. The van der Waals surface area contributed by atoms with E-state index in [1.54, 1.807) is 25.4 Å². The lowest BCUT2D eigenvalue weighted by atomic mass is 10.0. The van der Waals surface area contributed by atoms with Gasteiger partial charge in [0.1, 0.15) is 6.10 Å². The lowest BCUT2D eigenvalue weighted by Gasteiger charge is -2.11. The molecule has 0 bridgehead atoms. The van der Waals surface area contributed by atoms with E-state index in [1.165, 1.54) is 0 Å². The van der Waals surface area contributed by atoms with E-state index in [1.807, 2.05) is 30.3 Å².